The summed E-state index contributed by atoms with van der Waals surface area (Å²) >= 11 is 1.19. The number of hydrogen-bond donors (Lipinski definition) is 1. The number of halogens is 1. The number of rotatable bonds is 7. The Morgan fingerprint density at radius 2 is 1.84 bits per heavy atom. The minimum absolute atomic E-state index is 0.104. The molecule has 2 aromatic carbocycles. The van der Waals surface area contributed by atoms with Crippen molar-refractivity contribution in [3.05, 3.63) is 77.4 Å². The molecule has 0 aliphatic carbocycles. The number of nitrogen functional groups attached to an aromatic ring is 1. The quantitative estimate of drug-likeness (QED) is 0.258. The Bertz CT molecular complexity index is 1300. The van der Waals surface area contributed by atoms with Crippen molar-refractivity contribution in [2.45, 2.75) is 19.0 Å². The molecule has 0 unspecified atom stereocenters. The Kier molecular flexibility index (Phi) is 6.00. The molecule has 32 heavy (non-hydrogen) atoms. The molecule has 0 saturated carbocycles. The number of para-hydroxylation sites is 2. The summed E-state index contributed by atoms with van der Waals surface area (Å²) < 4.78 is 22.8. The number of aryl methyl sites for hydroxylation is 1. The first kappa shape index (κ1) is 21.6. The van der Waals surface area contributed by atoms with Crippen LogP contribution in [-0.4, -0.2) is 38.1 Å². The van der Waals surface area contributed by atoms with Crippen LogP contribution >= 0.6 is 11.8 Å². The zero-order chi connectivity index (χ0) is 22.8. The molecule has 0 amide bonds. The number of ether oxygens (including phenoxy) is 1. The van der Waals surface area contributed by atoms with E-state index in [1.54, 1.807) is 35.9 Å². The maximum atomic E-state index is 14.3. The van der Waals surface area contributed by atoms with Crippen molar-refractivity contribution in [2.24, 2.45) is 0 Å². The molecule has 0 fully saturated rings. The fraction of sp³-hybridized carbons (Fsp3) is 0.174. The lowest BCUT2D eigenvalue weighted by atomic mass is 10.2. The molecule has 2 aromatic heterocycles. The summed E-state index contributed by atoms with van der Waals surface area (Å²) in [5, 5.41) is 8.69. The Labute approximate surface area is 189 Å². The van der Waals surface area contributed by atoms with Crippen LogP contribution in [0.2, 0.25) is 0 Å². The fourth-order valence-electron chi connectivity index (χ4n) is 3.65. The van der Waals surface area contributed by atoms with E-state index in [0.29, 0.717) is 39.2 Å². The van der Waals surface area contributed by atoms with E-state index in [1.165, 1.54) is 22.5 Å². The maximum absolute atomic E-state index is 14.3. The molecule has 2 N–H and O–H groups in total. The number of Topliss-reactive ketones (excluding diaryl/α,β-unsaturated/α-hetero) is 1. The van der Waals surface area contributed by atoms with E-state index in [2.05, 4.69) is 10.2 Å². The van der Waals surface area contributed by atoms with E-state index >= 15 is 0 Å². The lowest BCUT2D eigenvalue weighted by molar-refractivity contribution is 0.102. The molecule has 0 aliphatic heterocycles. The lowest BCUT2D eigenvalue weighted by Crippen LogP contribution is -2.13. The molecule has 0 bridgehead atoms. The number of nitrogens with zero attached hydrogens (tertiary/aromatic N) is 4. The number of aromatic nitrogens is 4. The van der Waals surface area contributed by atoms with Gasteiger partial charge in [0, 0.05) is 17.0 Å². The molecule has 0 aliphatic rings. The van der Waals surface area contributed by atoms with E-state index in [-0.39, 0.29) is 17.4 Å². The highest BCUT2D eigenvalue weighted by Crippen LogP contribution is 2.30. The van der Waals surface area contributed by atoms with Gasteiger partial charge in [0.05, 0.1) is 24.1 Å². The minimum Gasteiger partial charge on any atom is -0.496 e. The third-order valence-electron chi connectivity index (χ3n) is 5.17. The summed E-state index contributed by atoms with van der Waals surface area (Å²) in [6.45, 7) is 3.65. The molecule has 0 atom stereocenters. The largest absolute Gasteiger partial charge is 0.496 e. The van der Waals surface area contributed by atoms with Gasteiger partial charge in [-0.3, -0.25) is 4.79 Å². The number of carbonyl (C=O) groups is 1. The Morgan fingerprint density at radius 1 is 1.12 bits per heavy atom. The molecule has 0 spiro atoms. The summed E-state index contributed by atoms with van der Waals surface area (Å²) in [5.41, 5.74) is 3.11. The zero-order valence-corrected chi connectivity index (χ0v) is 18.7. The van der Waals surface area contributed by atoms with E-state index in [1.807, 2.05) is 38.1 Å². The first-order chi connectivity index (χ1) is 15.4. The monoisotopic (exact) mass is 451 g/mol. The second kappa shape index (κ2) is 8.88. The van der Waals surface area contributed by atoms with Crippen molar-refractivity contribution in [3.63, 3.8) is 0 Å². The van der Waals surface area contributed by atoms with Crippen molar-refractivity contribution < 1.29 is 13.9 Å². The van der Waals surface area contributed by atoms with E-state index in [4.69, 9.17) is 10.6 Å². The molecule has 0 saturated heterocycles. The van der Waals surface area contributed by atoms with Gasteiger partial charge in [-0.15, -0.1) is 10.2 Å². The number of nitrogens with two attached hydrogens (primary N) is 1. The second-order valence-electron chi connectivity index (χ2n) is 7.16. The number of hydrogen-bond acceptors (Lipinski definition) is 6. The first-order valence-electron chi connectivity index (χ1n) is 9.86. The van der Waals surface area contributed by atoms with Crippen molar-refractivity contribution in [2.75, 3.05) is 18.7 Å². The molecule has 0 radical (unpaired) electrons. The van der Waals surface area contributed by atoms with Crippen LogP contribution in [0.5, 0.6) is 5.75 Å². The number of carbonyl (C=O) groups excluding carboxylic acids is 1. The predicted octanol–water partition coefficient (Wildman–Crippen LogP) is 4.19. The SMILES string of the molecule is COc1ccccc1-c1nnc(SCC(=O)c2cc(C)n(-c3ccccc3F)c2C)n1N. The van der Waals surface area contributed by atoms with Gasteiger partial charge < -0.3 is 15.1 Å². The molecule has 2 heterocycles. The van der Waals surface area contributed by atoms with E-state index in [0.717, 1.165) is 5.69 Å². The smallest absolute Gasteiger partial charge is 0.210 e. The molecule has 4 aromatic rings. The highest BCUT2D eigenvalue weighted by atomic mass is 32.2. The maximum Gasteiger partial charge on any atom is 0.210 e. The van der Waals surface area contributed by atoms with Crippen LogP contribution in [0.25, 0.3) is 17.1 Å². The fourth-order valence-corrected chi connectivity index (χ4v) is 4.39. The van der Waals surface area contributed by atoms with Crippen molar-refractivity contribution >= 4 is 17.5 Å². The van der Waals surface area contributed by atoms with Crippen molar-refractivity contribution in [3.8, 4) is 22.8 Å². The van der Waals surface area contributed by atoms with Crippen LogP contribution in [0.3, 0.4) is 0 Å². The summed E-state index contributed by atoms with van der Waals surface area (Å²) in [4.78, 5) is 13.0. The average molecular weight is 452 g/mol. The van der Waals surface area contributed by atoms with Gasteiger partial charge in [-0.2, -0.15) is 0 Å². The summed E-state index contributed by atoms with van der Waals surface area (Å²) in [6, 6.07) is 15.6. The minimum atomic E-state index is -0.345. The summed E-state index contributed by atoms with van der Waals surface area (Å²) in [6.07, 6.45) is 0. The third-order valence-corrected chi connectivity index (χ3v) is 6.11. The van der Waals surface area contributed by atoms with Gasteiger partial charge in [-0.05, 0) is 44.2 Å². The van der Waals surface area contributed by atoms with E-state index in [9.17, 15) is 9.18 Å². The van der Waals surface area contributed by atoms with Crippen molar-refractivity contribution in [1.82, 2.24) is 19.4 Å². The zero-order valence-electron chi connectivity index (χ0n) is 17.9. The van der Waals surface area contributed by atoms with Gasteiger partial charge in [0.25, 0.3) is 0 Å². The molecular weight excluding hydrogens is 429 g/mol. The van der Waals surface area contributed by atoms with Gasteiger partial charge in [-0.1, -0.05) is 36.0 Å². The van der Waals surface area contributed by atoms with Crippen LogP contribution in [0, 0.1) is 19.7 Å². The highest BCUT2D eigenvalue weighted by molar-refractivity contribution is 7.99. The average Bonchev–Trinajstić information content (AvgIpc) is 3.31. The second-order valence-corrected chi connectivity index (χ2v) is 8.10. The van der Waals surface area contributed by atoms with Crippen LogP contribution in [-0.2, 0) is 0 Å². The van der Waals surface area contributed by atoms with E-state index < -0.39 is 0 Å². The number of thioether (sulfide) groups is 1. The van der Waals surface area contributed by atoms with Gasteiger partial charge in [0.15, 0.2) is 11.6 Å². The lowest BCUT2D eigenvalue weighted by Gasteiger charge is -2.10. The van der Waals surface area contributed by atoms with Crippen LogP contribution < -0.4 is 10.6 Å². The molecule has 164 valence electrons. The van der Waals surface area contributed by atoms with Crippen LogP contribution in [0.15, 0.2) is 59.8 Å². The third kappa shape index (κ3) is 3.87. The Hall–Kier alpha value is -3.59. The predicted molar refractivity (Wildman–Crippen MR) is 122 cm³/mol. The van der Waals surface area contributed by atoms with Crippen LogP contribution in [0.4, 0.5) is 4.39 Å². The summed E-state index contributed by atoms with van der Waals surface area (Å²) in [7, 11) is 1.57. The first-order valence-corrected chi connectivity index (χ1v) is 10.8. The molecule has 9 heteroatoms. The molecule has 4 rings (SSSR count). The highest BCUT2D eigenvalue weighted by Gasteiger charge is 2.21. The van der Waals surface area contributed by atoms with Gasteiger partial charge in [-0.25, -0.2) is 9.07 Å². The van der Waals surface area contributed by atoms with Crippen molar-refractivity contribution in [1.29, 1.82) is 0 Å². The number of methoxy groups -OCH3 is 1. The van der Waals surface area contributed by atoms with Gasteiger partial charge in [0.2, 0.25) is 5.16 Å². The topological polar surface area (TPSA) is 88.0 Å². The van der Waals surface area contributed by atoms with Crippen LogP contribution in [0.1, 0.15) is 21.7 Å². The Morgan fingerprint density at radius 3 is 2.59 bits per heavy atom. The molecule has 7 nitrogen and oxygen atoms in total. The van der Waals surface area contributed by atoms with Gasteiger partial charge >= 0.3 is 0 Å². The summed E-state index contributed by atoms with van der Waals surface area (Å²) in [5.74, 6) is 6.92. The number of benzene rings is 2. The van der Waals surface area contributed by atoms with Gasteiger partial charge in [0.1, 0.15) is 11.6 Å². The Balaban J connectivity index is 1.55. The normalized spacial score (nSPS) is 11.0. The number of ketones is 1. The molecular formula is C23H22FN5O2S. The standard InChI is InChI=1S/C23H22FN5O2S/c1-14-12-17(15(2)28(14)19-10-6-5-9-18(19)24)20(30)13-32-23-27-26-22(29(23)25)16-8-4-7-11-21(16)31-3/h4-12H,13,25H2,1-3H3.